The van der Waals surface area contributed by atoms with Crippen LogP contribution in [0.3, 0.4) is 0 Å². The summed E-state index contributed by atoms with van der Waals surface area (Å²) in [6.07, 6.45) is 0. The summed E-state index contributed by atoms with van der Waals surface area (Å²) < 4.78 is 26.0. The van der Waals surface area contributed by atoms with Crippen molar-refractivity contribution < 1.29 is 13.6 Å². The molecule has 0 bridgehead atoms. The van der Waals surface area contributed by atoms with Gasteiger partial charge in [0, 0.05) is 12.1 Å². The molecule has 1 heterocycles. The average Bonchev–Trinajstić information content (AvgIpc) is 2.20. The number of nitrogen functional groups attached to an aromatic ring is 1. The number of nitrogens with zero attached hydrogens (tertiary/aromatic N) is 1. The van der Waals surface area contributed by atoms with E-state index in [1.807, 2.05) is 0 Å². The SMILES string of the molecule is CC(C)NC(=O)CNc1nc(N)c(F)cc1F. The molecule has 0 aromatic carbocycles. The summed E-state index contributed by atoms with van der Waals surface area (Å²) in [6.45, 7) is 3.44. The van der Waals surface area contributed by atoms with Crippen molar-refractivity contribution in [2.24, 2.45) is 0 Å². The van der Waals surface area contributed by atoms with Crippen LogP contribution in [0, 0.1) is 11.6 Å². The Bertz CT molecular complexity index is 423. The number of nitrogens with one attached hydrogen (secondary N) is 2. The number of anilines is 2. The van der Waals surface area contributed by atoms with Crippen molar-refractivity contribution in [3.05, 3.63) is 17.7 Å². The molecule has 5 nitrogen and oxygen atoms in total. The molecule has 17 heavy (non-hydrogen) atoms. The van der Waals surface area contributed by atoms with Gasteiger partial charge in [0.25, 0.3) is 0 Å². The minimum Gasteiger partial charge on any atom is -0.381 e. The van der Waals surface area contributed by atoms with Crippen molar-refractivity contribution in [1.29, 1.82) is 0 Å². The van der Waals surface area contributed by atoms with E-state index in [1.165, 1.54) is 0 Å². The molecule has 0 saturated heterocycles. The van der Waals surface area contributed by atoms with E-state index in [0.717, 1.165) is 0 Å². The van der Waals surface area contributed by atoms with Gasteiger partial charge >= 0.3 is 0 Å². The number of carbonyl (C=O) groups excluding carboxylic acids is 1. The van der Waals surface area contributed by atoms with E-state index in [0.29, 0.717) is 6.07 Å². The molecule has 4 N–H and O–H groups in total. The lowest BCUT2D eigenvalue weighted by molar-refractivity contribution is -0.119. The highest BCUT2D eigenvalue weighted by atomic mass is 19.1. The van der Waals surface area contributed by atoms with Gasteiger partial charge < -0.3 is 16.4 Å². The van der Waals surface area contributed by atoms with Crippen LogP contribution in [-0.4, -0.2) is 23.5 Å². The molecule has 0 radical (unpaired) electrons. The smallest absolute Gasteiger partial charge is 0.239 e. The molecule has 7 heteroatoms. The number of aromatic nitrogens is 1. The van der Waals surface area contributed by atoms with Crippen LogP contribution < -0.4 is 16.4 Å². The van der Waals surface area contributed by atoms with E-state index >= 15 is 0 Å². The Morgan fingerprint density at radius 3 is 2.71 bits per heavy atom. The third-order valence-electron chi connectivity index (χ3n) is 1.82. The summed E-state index contributed by atoms with van der Waals surface area (Å²) in [7, 11) is 0. The molecule has 1 rings (SSSR count). The van der Waals surface area contributed by atoms with Crippen molar-refractivity contribution in [2.75, 3.05) is 17.6 Å². The first-order chi connectivity index (χ1) is 7.90. The van der Waals surface area contributed by atoms with Crippen LogP contribution in [0.25, 0.3) is 0 Å². The highest BCUT2D eigenvalue weighted by Gasteiger charge is 2.11. The summed E-state index contributed by atoms with van der Waals surface area (Å²) >= 11 is 0. The Morgan fingerprint density at radius 2 is 2.12 bits per heavy atom. The number of hydrogen-bond acceptors (Lipinski definition) is 4. The Morgan fingerprint density at radius 1 is 1.47 bits per heavy atom. The van der Waals surface area contributed by atoms with E-state index in [2.05, 4.69) is 15.6 Å². The molecule has 0 aliphatic heterocycles. The molecular weight excluding hydrogens is 230 g/mol. The number of hydrogen-bond donors (Lipinski definition) is 3. The maximum atomic E-state index is 13.2. The Hall–Kier alpha value is -1.92. The monoisotopic (exact) mass is 244 g/mol. The normalized spacial score (nSPS) is 10.4. The maximum Gasteiger partial charge on any atom is 0.239 e. The second-order valence-electron chi connectivity index (χ2n) is 3.76. The zero-order chi connectivity index (χ0) is 13.0. The lowest BCUT2D eigenvalue weighted by Gasteiger charge is -2.10. The van der Waals surface area contributed by atoms with Gasteiger partial charge in [0.15, 0.2) is 23.3 Å². The van der Waals surface area contributed by atoms with E-state index in [4.69, 9.17) is 5.73 Å². The van der Waals surface area contributed by atoms with Crippen molar-refractivity contribution in [3.8, 4) is 0 Å². The van der Waals surface area contributed by atoms with E-state index in [1.54, 1.807) is 13.8 Å². The predicted molar refractivity (Wildman–Crippen MR) is 60.3 cm³/mol. The van der Waals surface area contributed by atoms with Crippen LogP contribution in [0.5, 0.6) is 0 Å². The van der Waals surface area contributed by atoms with Gasteiger partial charge in [-0.15, -0.1) is 0 Å². The minimum atomic E-state index is -0.931. The predicted octanol–water partition coefficient (Wildman–Crippen LogP) is 0.878. The van der Waals surface area contributed by atoms with Crippen molar-refractivity contribution in [2.45, 2.75) is 19.9 Å². The molecule has 0 atom stereocenters. The topological polar surface area (TPSA) is 80.0 Å². The van der Waals surface area contributed by atoms with Gasteiger partial charge in [0.1, 0.15) is 0 Å². The molecule has 94 valence electrons. The third kappa shape index (κ3) is 3.86. The van der Waals surface area contributed by atoms with Crippen LogP contribution in [0.4, 0.5) is 20.4 Å². The molecule has 1 aromatic heterocycles. The van der Waals surface area contributed by atoms with E-state index in [9.17, 15) is 13.6 Å². The Labute approximate surface area is 97.4 Å². The first kappa shape index (κ1) is 13.1. The number of pyridine rings is 1. The summed E-state index contributed by atoms with van der Waals surface area (Å²) in [5.74, 6) is -2.81. The molecule has 1 aromatic rings. The van der Waals surface area contributed by atoms with Crippen LogP contribution in [-0.2, 0) is 4.79 Å². The average molecular weight is 244 g/mol. The fraction of sp³-hybridized carbons (Fsp3) is 0.400. The maximum absolute atomic E-state index is 13.2. The number of amides is 1. The quantitative estimate of drug-likeness (QED) is 0.734. The molecule has 0 fully saturated rings. The Balaban J connectivity index is 2.63. The summed E-state index contributed by atoms with van der Waals surface area (Å²) in [5.41, 5.74) is 5.18. The van der Waals surface area contributed by atoms with Crippen LogP contribution in [0.15, 0.2) is 6.07 Å². The fourth-order valence-corrected chi connectivity index (χ4v) is 1.14. The van der Waals surface area contributed by atoms with Crippen molar-refractivity contribution in [3.63, 3.8) is 0 Å². The second kappa shape index (κ2) is 5.42. The molecule has 1 amide bonds. The van der Waals surface area contributed by atoms with Crippen LogP contribution in [0.1, 0.15) is 13.8 Å². The van der Waals surface area contributed by atoms with Crippen LogP contribution in [0.2, 0.25) is 0 Å². The van der Waals surface area contributed by atoms with Gasteiger partial charge in [-0.25, -0.2) is 13.8 Å². The third-order valence-corrected chi connectivity index (χ3v) is 1.82. The molecule has 0 saturated carbocycles. The lowest BCUT2D eigenvalue weighted by atomic mass is 10.3. The molecule has 0 unspecified atom stereocenters. The number of nitrogens with two attached hydrogens (primary N) is 1. The van der Waals surface area contributed by atoms with Crippen molar-refractivity contribution >= 4 is 17.5 Å². The van der Waals surface area contributed by atoms with Gasteiger partial charge in [0.2, 0.25) is 5.91 Å². The second-order valence-corrected chi connectivity index (χ2v) is 3.76. The lowest BCUT2D eigenvalue weighted by Crippen LogP contribution is -2.35. The van der Waals surface area contributed by atoms with Gasteiger partial charge in [-0.05, 0) is 13.8 Å². The molecule has 0 aliphatic rings. The first-order valence-electron chi connectivity index (χ1n) is 5.05. The zero-order valence-electron chi connectivity index (χ0n) is 9.55. The highest BCUT2D eigenvalue weighted by Crippen LogP contribution is 2.15. The largest absolute Gasteiger partial charge is 0.381 e. The van der Waals surface area contributed by atoms with Gasteiger partial charge in [-0.2, -0.15) is 0 Å². The summed E-state index contributed by atoms with van der Waals surface area (Å²) in [5, 5.41) is 5.04. The number of carbonyl (C=O) groups is 1. The Kier molecular flexibility index (Phi) is 4.19. The summed E-state index contributed by atoms with van der Waals surface area (Å²) in [6, 6.07) is 0.603. The molecule has 0 aliphatic carbocycles. The number of halogens is 2. The standard InChI is InChI=1S/C10H14F2N4O/c1-5(2)15-8(17)4-14-10-7(12)3-6(11)9(13)16-10/h3,5H,4H2,1-2H3,(H,15,17)(H3,13,14,16). The van der Waals surface area contributed by atoms with Crippen LogP contribution >= 0.6 is 0 Å². The minimum absolute atomic E-state index is 0.0135. The molecular formula is C10H14F2N4O. The summed E-state index contributed by atoms with van der Waals surface area (Å²) in [4.78, 5) is 14.7. The van der Waals surface area contributed by atoms with E-state index in [-0.39, 0.29) is 24.3 Å². The van der Waals surface area contributed by atoms with Gasteiger partial charge in [-0.3, -0.25) is 4.79 Å². The fourth-order valence-electron chi connectivity index (χ4n) is 1.14. The van der Waals surface area contributed by atoms with Crippen molar-refractivity contribution in [1.82, 2.24) is 10.3 Å². The highest BCUT2D eigenvalue weighted by molar-refractivity contribution is 5.80. The zero-order valence-corrected chi connectivity index (χ0v) is 9.55. The van der Waals surface area contributed by atoms with Gasteiger partial charge in [0.05, 0.1) is 6.54 Å². The number of rotatable bonds is 4. The van der Waals surface area contributed by atoms with Gasteiger partial charge in [-0.1, -0.05) is 0 Å². The molecule has 0 spiro atoms. The first-order valence-corrected chi connectivity index (χ1v) is 5.05. The van der Waals surface area contributed by atoms with E-state index < -0.39 is 17.5 Å².